The number of Topliss-reactive ketones (excluding diaryl/α,β-unsaturated/α-hetero) is 1. The Balaban J connectivity index is 1.66. The molecule has 3 aromatic rings. The van der Waals surface area contributed by atoms with E-state index in [-0.39, 0.29) is 17.7 Å². The second kappa shape index (κ2) is 8.64. The van der Waals surface area contributed by atoms with Gasteiger partial charge in [0.25, 0.3) is 0 Å². The number of ketones is 1. The van der Waals surface area contributed by atoms with E-state index in [0.717, 1.165) is 39.1 Å². The number of carbonyl (C=O) groups excluding carboxylic acids is 1. The van der Waals surface area contributed by atoms with Crippen molar-refractivity contribution in [2.45, 2.75) is 24.8 Å². The Morgan fingerprint density at radius 2 is 1.75 bits per heavy atom. The van der Waals surface area contributed by atoms with Gasteiger partial charge >= 0.3 is 0 Å². The first-order valence-electron chi connectivity index (χ1n) is 10.4. The molecule has 2 heterocycles. The quantitative estimate of drug-likeness (QED) is 0.419. The van der Waals surface area contributed by atoms with Gasteiger partial charge in [-0.05, 0) is 47.7 Å². The highest BCUT2D eigenvalue weighted by atomic mass is 79.9. The number of ether oxygens (including phenoxy) is 2. The third kappa shape index (κ3) is 3.69. The number of anilines is 2. The van der Waals surface area contributed by atoms with Gasteiger partial charge in [0.15, 0.2) is 17.3 Å². The van der Waals surface area contributed by atoms with Crippen LogP contribution in [0.2, 0.25) is 0 Å². The molecule has 0 radical (unpaired) electrons. The van der Waals surface area contributed by atoms with Gasteiger partial charge in [-0.3, -0.25) is 4.79 Å². The van der Waals surface area contributed by atoms with Crippen LogP contribution in [0.15, 0.2) is 69.7 Å². The maximum atomic E-state index is 13.6. The number of rotatable bonds is 4. The zero-order valence-electron chi connectivity index (χ0n) is 17.8. The molecule has 7 heteroatoms. The molecular formula is C25H23BrN2O3S. The number of para-hydroxylation sites is 2. The minimum atomic E-state index is -0.327. The third-order valence-electron chi connectivity index (χ3n) is 6.07. The lowest BCUT2D eigenvalue weighted by atomic mass is 9.80. The molecule has 32 heavy (non-hydrogen) atoms. The normalized spacial score (nSPS) is 19.9. The van der Waals surface area contributed by atoms with Gasteiger partial charge in [-0.15, -0.1) is 11.3 Å². The van der Waals surface area contributed by atoms with Crippen LogP contribution in [0.5, 0.6) is 11.5 Å². The van der Waals surface area contributed by atoms with Gasteiger partial charge in [0.1, 0.15) is 0 Å². The molecule has 0 saturated heterocycles. The molecule has 5 nitrogen and oxygen atoms in total. The number of hydrogen-bond donors (Lipinski definition) is 2. The summed E-state index contributed by atoms with van der Waals surface area (Å²) in [6.07, 6.45) is 1.29. The lowest BCUT2D eigenvalue weighted by molar-refractivity contribution is -0.116. The second-order valence-corrected chi connectivity index (χ2v) is 9.75. The Bertz CT molecular complexity index is 1210. The van der Waals surface area contributed by atoms with Crippen LogP contribution in [0.4, 0.5) is 11.4 Å². The van der Waals surface area contributed by atoms with E-state index < -0.39 is 0 Å². The molecule has 2 N–H and O–H groups in total. The second-order valence-electron chi connectivity index (χ2n) is 7.91. The molecule has 5 rings (SSSR count). The maximum absolute atomic E-state index is 13.6. The lowest BCUT2D eigenvalue weighted by Gasteiger charge is -2.30. The average Bonchev–Trinajstić information content (AvgIpc) is 3.28. The van der Waals surface area contributed by atoms with E-state index in [0.29, 0.717) is 17.9 Å². The van der Waals surface area contributed by atoms with Crippen molar-refractivity contribution in [2.75, 3.05) is 24.9 Å². The van der Waals surface area contributed by atoms with E-state index >= 15 is 0 Å². The van der Waals surface area contributed by atoms with Crippen molar-refractivity contribution in [1.82, 2.24) is 0 Å². The van der Waals surface area contributed by atoms with Crippen molar-refractivity contribution in [3.63, 3.8) is 0 Å². The SMILES string of the molecule is COc1cc(Br)c(C2Nc3ccccc3NC3=C2C(=O)CC(c2cccs2)C3)cc1OC. The fourth-order valence-electron chi connectivity index (χ4n) is 4.54. The highest BCUT2D eigenvalue weighted by Gasteiger charge is 2.37. The van der Waals surface area contributed by atoms with Crippen LogP contribution < -0.4 is 20.1 Å². The summed E-state index contributed by atoms with van der Waals surface area (Å²) >= 11 is 5.42. The van der Waals surface area contributed by atoms with Crippen LogP contribution in [-0.4, -0.2) is 20.0 Å². The number of nitrogens with one attached hydrogen (secondary N) is 2. The molecule has 0 saturated carbocycles. The summed E-state index contributed by atoms with van der Waals surface area (Å²) in [5, 5.41) is 9.28. The van der Waals surface area contributed by atoms with Crippen LogP contribution in [0, 0.1) is 0 Å². The number of allylic oxidation sites excluding steroid dienone is 1. The molecule has 1 aliphatic carbocycles. The van der Waals surface area contributed by atoms with Crippen molar-refractivity contribution in [1.29, 1.82) is 0 Å². The molecule has 0 spiro atoms. The largest absolute Gasteiger partial charge is 0.493 e. The molecule has 2 unspecified atom stereocenters. The molecular weight excluding hydrogens is 488 g/mol. The summed E-state index contributed by atoms with van der Waals surface area (Å²) in [6.45, 7) is 0. The molecule has 1 aromatic heterocycles. The summed E-state index contributed by atoms with van der Waals surface area (Å²) in [7, 11) is 3.24. The maximum Gasteiger partial charge on any atom is 0.163 e. The predicted octanol–water partition coefficient (Wildman–Crippen LogP) is 6.51. The molecule has 2 aromatic carbocycles. The number of benzene rings is 2. The summed E-state index contributed by atoms with van der Waals surface area (Å²) in [6, 6.07) is 15.7. The Morgan fingerprint density at radius 3 is 2.47 bits per heavy atom. The Labute approximate surface area is 199 Å². The molecule has 0 fully saturated rings. The Hall–Kier alpha value is -2.77. The van der Waals surface area contributed by atoms with Crippen molar-refractivity contribution < 1.29 is 14.3 Å². The van der Waals surface area contributed by atoms with E-state index in [9.17, 15) is 4.79 Å². The van der Waals surface area contributed by atoms with E-state index in [1.165, 1.54) is 4.88 Å². The van der Waals surface area contributed by atoms with Crippen molar-refractivity contribution >= 4 is 44.4 Å². The van der Waals surface area contributed by atoms with Crippen LogP contribution in [0.3, 0.4) is 0 Å². The standard InChI is InChI=1S/C25H23BrN2O3S/c1-30-21-12-15(16(26)13-22(21)31-2)25-24-19(27-17-6-3-4-7-18(17)28-25)10-14(11-20(24)29)23-8-5-9-32-23/h3-9,12-14,25,27-28H,10-11H2,1-2H3. The van der Waals surface area contributed by atoms with Gasteiger partial charge in [-0.25, -0.2) is 0 Å². The van der Waals surface area contributed by atoms with Gasteiger partial charge in [-0.2, -0.15) is 0 Å². The van der Waals surface area contributed by atoms with Gasteiger partial charge < -0.3 is 20.1 Å². The molecule has 0 bridgehead atoms. The first-order valence-corrected chi connectivity index (χ1v) is 12.1. The highest BCUT2D eigenvalue weighted by Crippen LogP contribution is 2.47. The molecule has 2 aliphatic rings. The number of hydrogen-bond acceptors (Lipinski definition) is 6. The topological polar surface area (TPSA) is 59.6 Å². The zero-order valence-corrected chi connectivity index (χ0v) is 20.2. The van der Waals surface area contributed by atoms with Crippen LogP contribution in [0.25, 0.3) is 0 Å². The van der Waals surface area contributed by atoms with E-state index in [2.05, 4.69) is 44.1 Å². The first kappa shape index (κ1) is 21.1. The fourth-order valence-corrected chi connectivity index (χ4v) is 5.92. The monoisotopic (exact) mass is 510 g/mol. The lowest BCUT2D eigenvalue weighted by Crippen LogP contribution is -2.26. The van der Waals surface area contributed by atoms with Crippen LogP contribution in [-0.2, 0) is 4.79 Å². The van der Waals surface area contributed by atoms with Crippen LogP contribution >= 0.6 is 27.3 Å². The molecule has 2 atom stereocenters. The Kier molecular flexibility index (Phi) is 5.69. The van der Waals surface area contributed by atoms with Gasteiger partial charge in [0, 0.05) is 33.0 Å². The Morgan fingerprint density at radius 1 is 1.00 bits per heavy atom. The van der Waals surface area contributed by atoms with Crippen molar-refractivity contribution in [3.8, 4) is 11.5 Å². The number of fused-ring (bicyclic) bond motifs is 1. The number of thiophene rings is 1. The average molecular weight is 511 g/mol. The highest BCUT2D eigenvalue weighted by molar-refractivity contribution is 9.10. The van der Waals surface area contributed by atoms with Gasteiger partial charge in [-0.1, -0.05) is 34.1 Å². The minimum absolute atomic E-state index is 0.157. The van der Waals surface area contributed by atoms with Crippen LogP contribution in [0.1, 0.15) is 35.2 Å². The summed E-state index contributed by atoms with van der Waals surface area (Å²) in [4.78, 5) is 14.9. The van der Waals surface area contributed by atoms with E-state index in [1.807, 2.05) is 36.4 Å². The third-order valence-corrected chi connectivity index (χ3v) is 7.79. The summed E-state index contributed by atoms with van der Waals surface area (Å²) in [5.41, 5.74) is 4.61. The van der Waals surface area contributed by atoms with Gasteiger partial charge in [0.2, 0.25) is 0 Å². The first-order chi connectivity index (χ1) is 15.6. The number of carbonyl (C=O) groups is 1. The smallest absolute Gasteiger partial charge is 0.163 e. The summed E-state index contributed by atoms with van der Waals surface area (Å²) < 4.78 is 11.9. The molecule has 1 aliphatic heterocycles. The van der Waals surface area contributed by atoms with Gasteiger partial charge in [0.05, 0.1) is 31.6 Å². The number of methoxy groups -OCH3 is 2. The van der Waals surface area contributed by atoms with Crippen molar-refractivity contribution in [2.24, 2.45) is 0 Å². The molecule has 164 valence electrons. The summed E-state index contributed by atoms with van der Waals surface area (Å²) in [5.74, 6) is 1.61. The zero-order chi connectivity index (χ0) is 22.2. The van der Waals surface area contributed by atoms with Crippen molar-refractivity contribution in [3.05, 3.63) is 80.1 Å². The number of halogens is 1. The fraction of sp³-hybridized carbons (Fsp3) is 0.240. The molecule has 0 amide bonds. The predicted molar refractivity (Wildman–Crippen MR) is 132 cm³/mol. The van der Waals surface area contributed by atoms with E-state index in [1.54, 1.807) is 25.6 Å². The minimum Gasteiger partial charge on any atom is -0.493 e. The van der Waals surface area contributed by atoms with E-state index in [4.69, 9.17) is 9.47 Å².